The van der Waals surface area contributed by atoms with Crippen LogP contribution in [0, 0.1) is 18.6 Å². The number of ether oxygens (including phenoxy) is 2. The SMILES string of the molecule is Cc1c(OCc2c(F)cccc2F)ccc2c1O/C(=C\c1ccc(Cl)cc1Cl)C2=O. The Morgan fingerprint density at radius 2 is 1.80 bits per heavy atom. The van der Waals surface area contributed by atoms with Crippen LogP contribution in [0.15, 0.2) is 54.3 Å². The van der Waals surface area contributed by atoms with Crippen LogP contribution in [0.5, 0.6) is 11.5 Å². The first-order valence-corrected chi connectivity index (χ1v) is 9.69. The van der Waals surface area contributed by atoms with Gasteiger partial charge in [-0.3, -0.25) is 4.79 Å². The van der Waals surface area contributed by atoms with Crippen LogP contribution in [-0.2, 0) is 6.61 Å². The molecule has 0 radical (unpaired) electrons. The van der Waals surface area contributed by atoms with Crippen molar-refractivity contribution in [2.75, 3.05) is 0 Å². The average molecular weight is 447 g/mol. The lowest BCUT2D eigenvalue weighted by molar-refractivity contribution is 0.101. The molecule has 0 fully saturated rings. The third-order valence-corrected chi connectivity index (χ3v) is 5.28. The Hall–Kier alpha value is -2.89. The van der Waals surface area contributed by atoms with Crippen LogP contribution in [0.4, 0.5) is 8.78 Å². The summed E-state index contributed by atoms with van der Waals surface area (Å²) in [6.07, 6.45) is 1.54. The zero-order chi connectivity index (χ0) is 21.4. The maximum atomic E-state index is 13.8. The van der Waals surface area contributed by atoms with Crippen molar-refractivity contribution < 1.29 is 23.0 Å². The lowest BCUT2D eigenvalue weighted by atomic mass is 10.1. The summed E-state index contributed by atoms with van der Waals surface area (Å²) in [4.78, 5) is 12.7. The molecule has 3 aromatic carbocycles. The molecule has 4 rings (SSSR count). The van der Waals surface area contributed by atoms with Crippen LogP contribution < -0.4 is 9.47 Å². The number of Topliss-reactive ketones (excluding diaryl/α,β-unsaturated/α-hetero) is 1. The Balaban J connectivity index is 1.61. The quantitative estimate of drug-likeness (QED) is 0.414. The number of carbonyl (C=O) groups excluding carboxylic acids is 1. The monoisotopic (exact) mass is 446 g/mol. The Morgan fingerprint density at radius 3 is 2.50 bits per heavy atom. The van der Waals surface area contributed by atoms with Crippen molar-refractivity contribution in [1.29, 1.82) is 0 Å². The van der Waals surface area contributed by atoms with E-state index in [-0.39, 0.29) is 23.7 Å². The molecule has 1 heterocycles. The fourth-order valence-corrected chi connectivity index (χ4v) is 3.57. The zero-order valence-electron chi connectivity index (χ0n) is 15.6. The van der Waals surface area contributed by atoms with Gasteiger partial charge >= 0.3 is 0 Å². The first-order valence-electron chi connectivity index (χ1n) is 8.93. The predicted octanol–water partition coefficient (Wildman–Crippen LogP) is 6.78. The smallest absolute Gasteiger partial charge is 0.231 e. The van der Waals surface area contributed by atoms with Crippen molar-refractivity contribution in [2.45, 2.75) is 13.5 Å². The Kier molecular flexibility index (Phi) is 5.50. The van der Waals surface area contributed by atoms with E-state index >= 15 is 0 Å². The topological polar surface area (TPSA) is 35.5 Å². The molecule has 0 amide bonds. The van der Waals surface area contributed by atoms with E-state index in [0.717, 1.165) is 12.1 Å². The minimum Gasteiger partial charge on any atom is -0.488 e. The molecule has 30 heavy (non-hydrogen) atoms. The number of fused-ring (bicyclic) bond motifs is 1. The lowest BCUT2D eigenvalue weighted by Crippen LogP contribution is -2.03. The molecule has 152 valence electrons. The van der Waals surface area contributed by atoms with Gasteiger partial charge in [0.1, 0.15) is 29.7 Å². The van der Waals surface area contributed by atoms with E-state index in [0.29, 0.717) is 38.2 Å². The van der Waals surface area contributed by atoms with E-state index in [1.54, 1.807) is 37.3 Å². The molecule has 0 aromatic heterocycles. The number of carbonyl (C=O) groups is 1. The third kappa shape index (κ3) is 3.78. The maximum absolute atomic E-state index is 13.8. The highest BCUT2D eigenvalue weighted by Gasteiger charge is 2.30. The van der Waals surface area contributed by atoms with Gasteiger partial charge in [-0.1, -0.05) is 35.3 Å². The van der Waals surface area contributed by atoms with Crippen molar-refractivity contribution in [3.05, 3.63) is 98.2 Å². The summed E-state index contributed by atoms with van der Waals surface area (Å²) in [6, 6.07) is 11.7. The molecular formula is C23H14Cl2F2O3. The van der Waals surface area contributed by atoms with Gasteiger partial charge in [0.05, 0.1) is 11.1 Å². The Morgan fingerprint density at radius 1 is 1.07 bits per heavy atom. The number of hydrogen-bond donors (Lipinski definition) is 0. The van der Waals surface area contributed by atoms with Gasteiger partial charge in [0, 0.05) is 15.6 Å². The summed E-state index contributed by atoms with van der Waals surface area (Å²) in [5.74, 6) is -0.881. The highest BCUT2D eigenvalue weighted by Crippen LogP contribution is 2.40. The number of rotatable bonds is 4. The lowest BCUT2D eigenvalue weighted by Gasteiger charge is -2.12. The summed E-state index contributed by atoms with van der Waals surface area (Å²) in [5, 5.41) is 0.864. The zero-order valence-corrected chi connectivity index (χ0v) is 17.2. The molecule has 3 aromatic rings. The first kappa shape index (κ1) is 20.4. The van der Waals surface area contributed by atoms with E-state index in [2.05, 4.69) is 0 Å². The van der Waals surface area contributed by atoms with Crippen molar-refractivity contribution >= 4 is 35.1 Å². The van der Waals surface area contributed by atoms with Crippen LogP contribution in [0.1, 0.15) is 27.0 Å². The molecule has 1 aliphatic heterocycles. The predicted molar refractivity (Wildman–Crippen MR) is 111 cm³/mol. The summed E-state index contributed by atoms with van der Waals surface area (Å²) in [7, 11) is 0. The van der Waals surface area contributed by atoms with E-state index in [4.69, 9.17) is 32.7 Å². The highest BCUT2D eigenvalue weighted by molar-refractivity contribution is 6.35. The minimum atomic E-state index is -0.690. The van der Waals surface area contributed by atoms with Gasteiger partial charge < -0.3 is 9.47 Å². The van der Waals surface area contributed by atoms with Gasteiger partial charge in [-0.15, -0.1) is 0 Å². The Bertz CT molecular complexity index is 1190. The van der Waals surface area contributed by atoms with Crippen LogP contribution in [0.3, 0.4) is 0 Å². The molecule has 7 heteroatoms. The summed E-state index contributed by atoms with van der Waals surface area (Å²) in [6.45, 7) is 1.41. The van der Waals surface area contributed by atoms with Gasteiger partial charge in [-0.25, -0.2) is 8.78 Å². The van der Waals surface area contributed by atoms with E-state index in [9.17, 15) is 13.6 Å². The fourth-order valence-electron chi connectivity index (χ4n) is 3.10. The second kappa shape index (κ2) is 8.09. The van der Waals surface area contributed by atoms with Gasteiger partial charge in [0.2, 0.25) is 5.78 Å². The van der Waals surface area contributed by atoms with E-state index < -0.39 is 11.6 Å². The number of hydrogen-bond acceptors (Lipinski definition) is 3. The number of benzene rings is 3. The van der Waals surface area contributed by atoms with Gasteiger partial charge in [-0.2, -0.15) is 0 Å². The van der Waals surface area contributed by atoms with Gasteiger partial charge in [0.15, 0.2) is 5.76 Å². The first-order chi connectivity index (χ1) is 14.3. The van der Waals surface area contributed by atoms with Gasteiger partial charge in [0.25, 0.3) is 0 Å². The summed E-state index contributed by atoms with van der Waals surface area (Å²) >= 11 is 12.1. The molecule has 0 aliphatic carbocycles. The second-order valence-corrected chi connectivity index (χ2v) is 7.50. The molecule has 0 atom stereocenters. The average Bonchev–Trinajstić information content (AvgIpc) is 3.02. The number of ketones is 1. The molecule has 0 bridgehead atoms. The normalized spacial score (nSPS) is 14.0. The van der Waals surface area contributed by atoms with Crippen LogP contribution >= 0.6 is 23.2 Å². The van der Waals surface area contributed by atoms with E-state index in [1.807, 2.05) is 0 Å². The molecule has 0 saturated heterocycles. The fraction of sp³-hybridized carbons (Fsp3) is 0.0870. The highest BCUT2D eigenvalue weighted by atomic mass is 35.5. The molecule has 0 N–H and O–H groups in total. The van der Waals surface area contributed by atoms with Crippen LogP contribution in [-0.4, -0.2) is 5.78 Å². The summed E-state index contributed by atoms with van der Waals surface area (Å²) < 4.78 is 39.0. The molecule has 3 nitrogen and oxygen atoms in total. The molecule has 0 saturated carbocycles. The molecule has 1 aliphatic rings. The van der Waals surface area contributed by atoms with Crippen molar-refractivity contribution in [1.82, 2.24) is 0 Å². The van der Waals surface area contributed by atoms with Gasteiger partial charge in [-0.05, 0) is 55.0 Å². The molecule has 0 unspecified atom stereocenters. The number of halogens is 4. The van der Waals surface area contributed by atoms with Crippen molar-refractivity contribution in [3.8, 4) is 11.5 Å². The van der Waals surface area contributed by atoms with Crippen LogP contribution in [0.2, 0.25) is 10.0 Å². The minimum absolute atomic E-state index is 0.106. The number of allylic oxidation sites excluding steroid dienone is 1. The second-order valence-electron chi connectivity index (χ2n) is 6.66. The maximum Gasteiger partial charge on any atom is 0.231 e. The standard InChI is InChI=1S/C23H14Cl2F2O3/c1-12-20(29-11-16-18(26)3-2-4-19(16)27)8-7-15-22(28)21(30-23(12)15)9-13-5-6-14(24)10-17(13)25/h2-10H,11H2,1H3/b21-9-. The third-order valence-electron chi connectivity index (χ3n) is 4.72. The van der Waals surface area contributed by atoms with E-state index in [1.165, 1.54) is 12.1 Å². The molecule has 0 spiro atoms. The largest absolute Gasteiger partial charge is 0.488 e. The van der Waals surface area contributed by atoms with Crippen LogP contribution in [0.25, 0.3) is 6.08 Å². The summed E-state index contributed by atoms with van der Waals surface area (Å²) in [5.41, 5.74) is 1.32. The van der Waals surface area contributed by atoms with Crippen molar-refractivity contribution in [2.24, 2.45) is 0 Å². The Labute approximate surface area is 181 Å². The van der Waals surface area contributed by atoms with Crippen molar-refractivity contribution in [3.63, 3.8) is 0 Å². The molecular weight excluding hydrogens is 433 g/mol.